The van der Waals surface area contributed by atoms with Crippen LogP contribution < -0.4 is 4.74 Å². The molecule has 2 rings (SSSR count). The third-order valence-corrected chi connectivity index (χ3v) is 6.38. The first-order valence-corrected chi connectivity index (χ1v) is 12.0. The van der Waals surface area contributed by atoms with Crippen molar-refractivity contribution < 1.29 is 4.74 Å². The number of hydrogen-bond donors (Lipinski definition) is 0. The summed E-state index contributed by atoms with van der Waals surface area (Å²) in [6, 6.07) is 8.23. The molecule has 1 aliphatic rings. The van der Waals surface area contributed by atoms with E-state index in [1.54, 1.807) is 0 Å². The molecule has 0 amide bonds. The second-order valence-corrected chi connectivity index (χ2v) is 8.67. The number of benzene rings is 1. The lowest BCUT2D eigenvalue weighted by Crippen LogP contribution is -2.13. The molecule has 0 saturated heterocycles. The number of hydrogen-bond acceptors (Lipinski definition) is 3. The standard InChI is InChI=1S/C27H38N2O/c1-3-5-7-10-22-13-15-23(16-14-22)11-9-19-30-27-18-17-24(12-8-6-4-2)25(20-28)26(27)21-29/h9,11,17-18,22-23H,3-8,10,12-16,19H2,1-2H3. The van der Waals surface area contributed by atoms with Crippen LogP contribution in [0.1, 0.15) is 101 Å². The predicted octanol–water partition coefficient (Wildman–Crippen LogP) is 7.48. The summed E-state index contributed by atoms with van der Waals surface area (Å²) >= 11 is 0. The Labute approximate surface area is 183 Å². The van der Waals surface area contributed by atoms with E-state index in [1.807, 2.05) is 12.1 Å². The van der Waals surface area contributed by atoms with Crippen LogP contribution in [0.15, 0.2) is 24.3 Å². The van der Waals surface area contributed by atoms with Crippen LogP contribution in [0.4, 0.5) is 0 Å². The van der Waals surface area contributed by atoms with Crippen LogP contribution in [0.3, 0.4) is 0 Å². The van der Waals surface area contributed by atoms with Crippen LogP contribution in [0.5, 0.6) is 5.75 Å². The molecule has 0 aromatic heterocycles. The minimum Gasteiger partial charge on any atom is -0.488 e. The van der Waals surface area contributed by atoms with E-state index in [-0.39, 0.29) is 0 Å². The van der Waals surface area contributed by atoms with Crippen molar-refractivity contribution in [2.75, 3.05) is 6.61 Å². The van der Waals surface area contributed by atoms with Gasteiger partial charge in [-0.2, -0.15) is 10.5 Å². The van der Waals surface area contributed by atoms with E-state index in [4.69, 9.17) is 4.74 Å². The number of unbranched alkanes of at least 4 members (excludes halogenated alkanes) is 4. The van der Waals surface area contributed by atoms with Crippen molar-refractivity contribution in [3.8, 4) is 17.9 Å². The summed E-state index contributed by atoms with van der Waals surface area (Å²) in [6.45, 7) is 4.88. The lowest BCUT2D eigenvalue weighted by atomic mass is 9.79. The lowest BCUT2D eigenvalue weighted by Gasteiger charge is -2.26. The number of ether oxygens (including phenoxy) is 1. The molecule has 0 bridgehead atoms. The fourth-order valence-corrected chi connectivity index (χ4v) is 4.50. The van der Waals surface area contributed by atoms with Gasteiger partial charge in [-0.3, -0.25) is 0 Å². The van der Waals surface area contributed by atoms with Crippen LogP contribution in [0.25, 0.3) is 0 Å². The van der Waals surface area contributed by atoms with Gasteiger partial charge in [-0.05, 0) is 62.0 Å². The zero-order valence-electron chi connectivity index (χ0n) is 19.0. The first kappa shape index (κ1) is 24.0. The van der Waals surface area contributed by atoms with Gasteiger partial charge in [0.15, 0.2) is 0 Å². The zero-order chi connectivity index (χ0) is 21.6. The van der Waals surface area contributed by atoms with Crippen LogP contribution in [-0.2, 0) is 6.42 Å². The summed E-state index contributed by atoms with van der Waals surface area (Å²) in [7, 11) is 0. The summed E-state index contributed by atoms with van der Waals surface area (Å²) in [4.78, 5) is 0. The van der Waals surface area contributed by atoms with Gasteiger partial charge in [0.1, 0.15) is 30.1 Å². The number of rotatable bonds is 12. The van der Waals surface area contributed by atoms with Crippen molar-refractivity contribution in [2.24, 2.45) is 11.8 Å². The number of aryl methyl sites for hydroxylation is 1. The van der Waals surface area contributed by atoms with E-state index in [9.17, 15) is 10.5 Å². The summed E-state index contributed by atoms with van der Waals surface area (Å²) in [6.07, 6.45) is 19.3. The molecule has 0 spiro atoms. The van der Waals surface area contributed by atoms with Gasteiger partial charge >= 0.3 is 0 Å². The Morgan fingerprint density at radius 1 is 0.933 bits per heavy atom. The molecule has 0 heterocycles. The highest BCUT2D eigenvalue weighted by Gasteiger charge is 2.19. The van der Waals surface area contributed by atoms with Crippen molar-refractivity contribution >= 4 is 0 Å². The minimum absolute atomic E-state index is 0.382. The molecular weight excluding hydrogens is 368 g/mol. The largest absolute Gasteiger partial charge is 0.488 e. The quantitative estimate of drug-likeness (QED) is 0.267. The third kappa shape index (κ3) is 7.53. The number of nitriles is 2. The first-order chi connectivity index (χ1) is 14.7. The number of nitrogens with zero attached hydrogens (tertiary/aromatic N) is 2. The van der Waals surface area contributed by atoms with E-state index < -0.39 is 0 Å². The third-order valence-electron chi connectivity index (χ3n) is 6.38. The Hall–Kier alpha value is -2.26. The van der Waals surface area contributed by atoms with Crippen LogP contribution in [-0.4, -0.2) is 6.61 Å². The average molecular weight is 407 g/mol. The highest BCUT2D eigenvalue weighted by Crippen LogP contribution is 2.32. The van der Waals surface area contributed by atoms with E-state index >= 15 is 0 Å². The van der Waals surface area contributed by atoms with Gasteiger partial charge in [-0.1, -0.05) is 70.6 Å². The topological polar surface area (TPSA) is 56.8 Å². The van der Waals surface area contributed by atoms with Gasteiger partial charge < -0.3 is 4.74 Å². The van der Waals surface area contributed by atoms with E-state index in [0.717, 1.165) is 37.2 Å². The predicted molar refractivity (Wildman–Crippen MR) is 123 cm³/mol. The Kier molecular flexibility index (Phi) is 11.1. The molecule has 0 radical (unpaired) electrons. The molecule has 1 fully saturated rings. The zero-order valence-corrected chi connectivity index (χ0v) is 19.0. The molecule has 1 aromatic rings. The second kappa shape index (κ2) is 13.9. The molecular formula is C27H38N2O. The van der Waals surface area contributed by atoms with Gasteiger partial charge in [-0.15, -0.1) is 0 Å². The van der Waals surface area contributed by atoms with E-state index in [1.165, 1.54) is 51.4 Å². The molecule has 3 nitrogen and oxygen atoms in total. The second-order valence-electron chi connectivity index (χ2n) is 8.67. The summed E-state index contributed by atoms with van der Waals surface area (Å²) in [5.74, 6) is 2.11. The highest BCUT2D eigenvalue weighted by atomic mass is 16.5. The Bertz CT molecular complexity index is 745. The van der Waals surface area contributed by atoms with Gasteiger partial charge in [0.05, 0.1) is 5.56 Å². The fourth-order valence-electron chi connectivity index (χ4n) is 4.50. The first-order valence-electron chi connectivity index (χ1n) is 12.0. The Morgan fingerprint density at radius 3 is 2.30 bits per heavy atom. The minimum atomic E-state index is 0.382. The molecule has 1 aliphatic carbocycles. The van der Waals surface area contributed by atoms with E-state index in [2.05, 4.69) is 38.1 Å². The maximum atomic E-state index is 9.59. The van der Waals surface area contributed by atoms with Crippen molar-refractivity contribution in [1.82, 2.24) is 0 Å². The maximum absolute atomic E-state index is 9.59. The normalized spacial score (nSPS) is 18.8. The Balaban J connectivity index is 1.84. The average Bonchev–Trinajstić information content (AvgIpc) is 2.78. The molecule has 1 saturated carbocycles. The van der Waals surface area contributed by atoms with E-state index in [0.29, 0.717) is 29.4 Å². The smallest absolute Gasteiger partial charge is 0.138 e. The molecule has 30 heavy (non-hydrogen) atoms. The van der Waals surface area contributed by atoms with Gasteiger partial charge in [0.25, 0.3) is 0 Å². The molecule has 1 aromatic carbocycles. The SMILES string of the molecule is CCCCCc1ccc(OCC=CC2CCC(CCCCC)CC2)c(C#N)c1C#N. The van der Waals surface area contributed by atoms with Crippen molar-refractivity contribution in [1.29, 1.82) is 10.5 Å². The van der Waals surface area contributed by atoms with Gasteiger partial charge in [0.2, 0.25) is 0 Å². The lowest BCUT2D eigenvalue weighted by molar-refractivity contribution is 0.288. The van der Waals surface area contributed by atoms with Crippen molar-refractivity contribution in [3.05, 3.63) is 41.0 Å². The maximum Gasteiger partial charge on any atom is 0.138 e. The molecule has 0 N–H and O–H groups in total. The van der Waals surface area contributed by atoms with Crippen LogP contribution in [0, 0.1) is 34.5 Å². The fraction of sp³-hybridized carbons (Fsp3) is 0.630. The molecule has 0 aliphatic heterocycles. The molecule has 3 heteroatoms. The monoisotopic (exact) mass is 406 g/mol. The van der Waals surface area contributed by atoms with Gasteiger partial charge in [0, 0.05) is 0 Å². The van der Waals surface area contributed by atoms with Gasteiger partial charge in [-0.25, -0.2) is 0 Å². The molecule has 162 valence electrons. The Morgan fingerprint density at radius 2 is 1.63 bits per heavy atom. The summed E-state index contributed by atoms with van der Waals surface area (Å²) in [5.41, 5.74) is 1.82. The molecule has 0 unspecified atom stereocenters. The van der Waals surface area contributed by atoms with Crippen molar-refractivity contribution in [2.45, 2.75) is 90.9 Å². The summed E-state index contributed by atoms with van der Waals surface area (Å²) in [5, 5.41) is 19.2. The highest BCUT2D eigenvalue weighted by molar-refractivity contribution is 5.57. The van der Waals surface area contributed by atoms with Crippen LogP contribution in [0.2, 0.25) is 0 Å². The van der Waals surface area contributed by atoms with Crippen molar-refractivity contribution in [3.63, 3.8) is 0 Å². The summed E-state index contributed by atoms with van der Waals surface area (Å²) < 4.78 is 5.87. The van der Waals surface area contributed by atoms with Crippen LogP contribution >= 0.6 is 0 Å². The molecule has 0 atom stereocenters. The number of allylic oxidation sites excluding steroid dienone is 1.